The van der Waals surface area contributed by atoms with Gasteiger partial charge >= 0.3 is 6.61 Å². The highest BCUT2D eigenvalue weighted by molar-refractivity contribution is 6.07. The SMILES string of the molecule is CCOc1cc(/C=C/C(=O)Nc2ccccc2C(=O)NCCOC)ccc1OC(F)F. The number of halogens is 2. The molecule has 0 aliphatic rings. The number of carbonyl (C=O) groups excluding carboxylic acids is 2. The van der Waals surface area contributed by atoms with E-state index in [0.717, 1.165) is 0 Å². The summed E-state index contributed by atoms with van der Waals surface area (Å²) in [7, 11) is 1.53. The maximum Gasteiger partial charge on any atom is 0.387 e. The van der Waals surface area contributed by atoms with E-state index in [1.165, 1.54) is 37.5 Å². The van der Waals surface area contributed by atoms with Crippen molar-refractivity contribution in [1.29, 1.82) is 0 Å². The fourth-order valence-electron chi connectivity index (χ4n) is 2.59. The van der Waals surface area contributed by atoms with Gasteiger partial charge in [0.15, 0.2) is 11.5 Å². The molecule has 0 bridgehead atoms. The summed E-state index contributed by atoms with van der Waals surface area (Å²) >= 11 is 0. The number of carbonyl (C=O) groups is 2. The Morgan fingerprint density at radius 3 is 2.61 bits per heavy atom. The summed E-state index contributed by atoms with van der Waals surface area (Å²) < 4.78 is 39.6. The standard InChI is InChI=1S/C22H24F2N2O5/c1-3-30-19-14-15(8-10-18(19)31-22(23)24)9-11-20(27)26-17-7-5-4-6-16(17)21(28)25-12-13-29-2/h4-11,14,22H,3,12-13H2,1-2H3,(H,25,28)(H,26,27)/b11-9+. The fourth-order valence-corrected chi connectivity index (χ4v) is 2.59. The first-order valence-corrected chi connectivity index (χ1v) is 9.51. The molecule has 166 valence electrons. The predicted octanol–water partition coefficient (Wildman–Crippen LogP) is 3.71. The van der Waals surface area contributed by atoms with Gasteiger partial charge in [0.05, 0.1) is 24.5 Å². The van der Waals surface area contributed by atoms with Gasteiger partial charge in [0, 0.05) is 19.7 Å². The van der Waals surface area contributed by atoms with Crippen LogP contribution in [0.15, 0.2) is 48.5 Å². The van der Waals surface area contributed by atoms with Crippen LogP contribution >= 0.6 is 0 Å². The third-order valence-electron chi connectivity index (χ3n) is 3.93. The third-order valence-corrected chi connectivity index (χ3v) is 3.93. The van der Waals surface area contributed by atoms with E-state index < -0.39 is 12.5 Å². The summed E-state index contributed by atoms with van der Waals surface area (Å²) in [5.41, 5.74) is 1.21. The second kappa shape index (κ2) is 12.3. The van der Waals surface area contributed by atoms with E-state index in [4.69, 9.17) is 9.47 Å². The maximum atomic E-state index is 12.5. The molecule has 2 amide bonds. The minimum atomic E-state index is -2.97. The minimum Gasteiger partial charge on any atom is -0.490 e. The number of hydrogen-bond acceptors (Lipinski definition) is 5. The van der Waals surface area contributed by atoms with E-state index >= 15 is 0 Å². The summed E-state index contributed by atoms with van der Waals surface area (Å²) in [6.07, 6.45) is 2.75. The molecule has 0 saturated carbocycles. The lowest BCUT2D eigenvalue weighted by Gasteiger charge is -2.12. The number of methoxy groups -OCH3 is 1. The summed E-state index contributed by atoms with van der Waals surface area (Å²) in [6, 6.07) is 10.9. The van der Waals surface area contributed by atoms with E-state index in [-0.39, 0.29) is 24.0 Å². The van der Waals surface area contributed by atoms with Crippen molar-refractivity contribution < 1.29 is 32.6 Å². The van der Waals surface area contributed by atoms with Gasteiger partial charge in [-0.3, -0.25) is 9.59 Å². The van der Waals surface area contributed by atoms with Gasteiger partial charge in [0.25, 0.3) is 5.91 Å². The molecule has 7 nitrogen and oxygen atoms in total. The molecule has 0 spiro atoms. The molecule has 0 aliphatic carbocycles. The zero-order valence-electron chi connectivity index (χ0n) is 17.2. The van der Waals surface area contributed by atoms with Crippen molar-refractivity contribution in [1.82, 2.24) is 5.32 Å². The van der Waals surface area contributed by atoms with Crippen LogP contribution < -0.4 is 20.1 Å². The van der Waals surface area contributed by atoms with Crippen LogP contribution in [0, 0.1) is 0 Å². The predicted molar refractivity (Wildman–Crippen MR) is 113 cm³/mol. The second-order valence-electron chi connectivity index (χ2n) is 6.13. The molecule has 0 aromatic heterocycles. The number of para-hydroxylation sites is 1. The molecule has 2 N–H and O–H groups in total. The Kier molecular flexibility index (Phi) is 9.44. The van der Waals surface area contributed by atoms with Gasteiger partial charge in [-0.25, -0.2) is 0 Å². The lowest BCUT2D eigenvalue weighted by atomic mass is 10.1. The van der Waals surface area contributed by atoms with Crippen LogP contribution in [0.25, 0.3) is 6.08 Å². The van der Waals surface area contributed by atoms with Gasteiger partial charge in [-0.2, -0.15) is 8.78 Å². The molecule has 2 aromatic carbocycles. The average Bonchev–Trinajstić information content (AvgIpc) is 2.74. The third kappa shape index (κ3) is 7.71. The van der Waals surface area contributed by atoms with Crippen LogP contribution in [0.4, 0.5) is 14.5 Å². The fraction of sp³-hybridized carbons (Fsp3) is 0.273. The molecule has 2 rings (SSSR count). The number of alkyl halides is 2. The first kappa shape index (κ1) is 23.8. The monoisotopic (exact) mass is 434 g/mol. The van der Waals surface area contributed by atoms with E-state index in [0.29, 0.717) is 30.0 Å². The van der Waals surface area contributed by atoms with E-state index in [9.17, 15) is 18.4 Å². The zero-order valence-corrected chi connectivity index (χ0v) is 17.2. The summed E-state index contributed by atoms with van der Waals surface area (Å²) in [5, 5.41) is 5.35. The lowest BCUT2D eigenvalue weighted by Crippen LogP contribution is -2.28. The average molecular weight is 434 g/mol. The molecule has 9 heteroatoms. The zero-order chi connectivity index (χ0) is 22.6. The number of rotatable bonds is 11. The summed E-state index contributed by atoms with van der Waals surface area (Å²) in [4.78, 5) is 24.6. The number of anilines is 1. The van der Waals surface area contributed by atoms with Crippen molar-refractivity contribution in [2.75, 3.05) is 32.2 Å². The first-order chi connectivity index (χ1) is 14.9. The Bertz CT molecular complexity index is 919. The van der Waals surface area contributed by atoms with Gasteiger partial charge in [-0.15, -0.1) is 0 Å². The number of benzene rings is 2. The van der Waals surface area contributed by atoms with Crippen LogP contribution in [-0.2, 0) is 9.53 Å². The van der Waals surface area contributed by atoms with Crippen molar-refractivity contribution in [3.05, 3.63) is 59.7 Å². The molecule has 0 unspecified atom stereocenters. The van der Waals surface area contributed by atoms with Crippen molar-refractivity contribution in [3.63, 3.8) is 0 Å². The lowest BCUT2D eigenvalue weighted by molar-refractivity contribution is -0.111. The van der Waals surface area contributed by atoms with Crippen molar-refractivity contribution in [3.8, 4) is 11.5 Å². The van der Waals surface area contributed by atoms with Gasteiger partial charge in [-0.05, 0) is 42.8 Å². The number of nitrogens with one attached hydrogen (secondary N) is 2. The molecule has 0 heterocycles. The highest BCUT2D eigenvalue weighted by Gasteiger charge is 2.13. The Morgan fingerprint density at radius 1 is 1.13 bits per heavy atom. The van der Waals surface area contributed by atoms with Crippen LogP contribution in [0.2, 0.25) is 0 Å². The van der Waals surface area contributed by atoms with Crippen LogP contribution in [0.1, 0.15) is 22.8 Å². The molecule has 2 aromatic rings. The maximum absolute atomic E-state index is 12.5. The van der Waals surface area contributed by atoms with Crippen LogP contribution in [-0.4, -0.2) is 45.3 Å². The molecule has 0 aliphatic heterocycles. The first-order valence-electron chi connectivity index (χ1n) is 9.51. The Labute approximate surface area is 179 Å². The van der Waals surface area contributed by atoms with Crippen molar-refractivity contribution in [2.24, 2.45) is 0 Å². The summed E-state index contributed by atoms with van der Waals surface area (Å²) in [6.45, 7) is -0.293. The van der Waals surface area contributed by atoms with Gasteiger partial charge < -0.3 is 24.8 Å². The second-order valence-corrected chi connectivity index (χ2v) is 6.13. The molecule has 0 saturated heterocycles. The van der Waals surface area contributed by atoms with Gasteiger partial charge in [0.2, 0.25) is 5.91 Å². The molecule has 31 heavy (non-hydrogen) atoms. The Morgan fingerprint density at radius 2 is 1.90 bits per heavy atom. The highest BCUT2D eigenvalue weighted by atomic mass is 19.3. The molecular formula is C22H24F2N2O5. The Balaban J connectivity index is 2.09. The normalized spacial score (nSPS) is 10.9. The van der Waals surface area contributed by atoms with Crippen LogP contribution in [0.5, 0.6) is 11.5 Å². The quantitative estimate of drug-likeness (QED) is 0.416. The topological polar surface area (TPSA) is 85.9 Å². The number of amides is 2. The molecular weight excluding hydrogens is 410 g/mol. The highest BCUT2D eigenvalue weighted by Crippen LogP contribution is 2.30. The van der Waals surface area contributed by atoms with Crippen LogP contribution in [0.3, 0.4) is 0 Å². The van der Waals surface area contributed by atoms with E-state index in [1.54, 1.807) is 31.2 Å². The number of ether oxygens (including phenoxy) is 3. The molecule has 0 radical (unpaired) electrons. The summed E-state index contributed by atoms with van der Waals surface area (Å²) in [5.74, 6) is -0.758. The Hall–Kier alpha value is -3.46. The smallest absolute Gasteiger partial charge is 0.387 e. The van der Waals surface area contributed by atoms with Crippen molar-refractivity contribution in [2.45, 2.75) is 13.5 Å². The largest absolute Gasteiger partial charge is 0.490 e. The van der Waals surface area contributed by atoms with E-state index in [2.05, 4.69) is 15.4 Å². The van der Waals surface area contributed by atoms with Gasteiger partial charge in [-0.1, -0.05) is 18.2 Å². The molecule has 0 fully saturated rings. The van der Waals surface area contributed by atoms with Crippen molar-refractivity contribution >= 4 is 23.6 Å². The van der Waals surface area contributed by atoms with E-state index in [1.807, 2.05) is 0 Å². The minimum absolute atomic E-state index is 0.0909. The van der Waals surface area contributed by atoms with Gasteiger partial charge in [0.1, 0.15) is 0 Å². The number of hydrogen-bond donors (Lipinski definition) is 2. The molecule has 0 atom stereocenters.